The largest absolute Gasteiger partial charge is 0.307 e. The van der Waals surface area contributed by atoms with Crippen molar-refractivity contribution < 1.29 is 4.39 Å². The lowest BCUT2D eigenvalue weighted by Gasteiger charge is -2.03. The summed E-state index contributed by atoms with van der Waals surface area (Å²) in [6.07, 6.45) is 1.60. The highest BCUT2D eigenvalue weighted by Crippen LogP contribution is 2.20. The van der Waals surface area contributed by atoms with E-state index in [4.69, 9.17) is 0 Å². The highest BCUT2D eigenvalue weighted by Gasteiger charge is 2.02. The lowest BCUT2D eigenvalue weighted by molar-refractivity contribution is 0.574. The van der Waals surface area contributed by atoms with Crippen molar-refractivity contribution in [1.29, 1.82) is 0 Å². The van der Waals surface area contributed by atoms with Crippen LogP contribution in [0.5, 0.6) is 0 Å². The van der Waals surface area contributed by atoms with Crippen LogP contribution in [0.15, 0.2) is 33.6 Å². The van der Waals surface area contributed by atoms with Gasteiger partial charge in [0, 0.05) is 19.3 Å². The second-order valence-electron chi connectivity index (χ2n) is 3.29. The number of nitrogens with one attached hydrogen (secondary N) is 1. The molecule has 0 aromatic carbocycles. The molecule has 84 valence electrons. The minimum atomic E-state index is -0.263. The maximum Gasteiger partial charge on any atom is 0.146 e. The van der Waals surface area contributed by atoms with Crippen LogP contribution in [0.1, 0.15) is 11.3 Å². The molecule has 0 fully saturated rings. The van der Waals surface area contributed by atoms with Gasteiger partial charge in [0.25, 0.3) is 0 Å². The fourth-order valence-corrected chi connectivity index (χ4v) is 2.52. The van der Waals surface area contributed by atoms with Crippen molar-refractivity contribution in [2.24, 2.45) is 0 Å². The number of hydrogen-bond acceptors (Lipinski definition) is 3. The van der Waals surface area contributed by atoms with Gasteiger partial charge in [-0.15, -0.1) is 11.3 Å². The number of aromatic nitrogens is 1. The van der Waals surface area contributed by atoms with Gasteiger partial charge in [-0.25, -0.2) is 4.39 Å². The first kappa shape index (κ1) is 11.7. The molecule has 2 nitrogen and oxygen atoms in total. The Morgan fingerprint density at radius 3 is 3.00 bits per heavy atom. The third-order valence-corrected chi connectivity index (χ3v) is 3.63. The summed E-state index contributed by atoms with van der Waals surface area (Å²) in [6.45, 7) is 1.16. The Labute approximate surface area is 106 Å². The molecule has 1 N–H and O–H groups in total. The van der Waals surface area contributed by atoms with E-state index in [2.05, 4.69) is 31.6 Å². The fourth-order valence-electron chi connectivity index (χ4n) is 1.31. The first-order valence-corrected chi connectivity index (χ1v) is 6.46. The van der Waals surface area contributed by atoms with E-state index in [1.807, 2.05) is 6.07 Å². The van der Waals surface area contributed by atoms with Crippen molar-refractivity contribution in [2.45, 2.75) is 13.1 Å². The van der Waals surface area contributed by atoms with E-state index in [1.54, 1.807) is 23.6 Å². The molecule has 0 unspecified atom stereocenters. The Balaban J connectivity index is 1.87. The second-order valence-corrected chi connectivity index (χ2v) is 5.59. The van der Waals surface area contributed by atoms with Crippen LogP contribution in [0.3, 0.4) is 0 Å². The molecule has 0 aliphatic rings. The summed E-state index contributed by atoms with van der Waals surface area (Å²) in [5, 5.41) is 5.22. The zero-order valence-corrected chi connectivity index (χ0v) is 10.8. The average Bonchev–Trinajstić information content (AvgIpc) is 2.67. The van der Waals surface area contributed by atoms with Gasteiger partial charge in [0.15, 0.2) is 0 Å². The topological polar surface area (TPSA) is 24.9 Å². The molecule has 0 aliphatic heterocycles. The van der Waals surface area contributed by atoms with Gasteiger partial charge in [-0.3, -0.25) is 4.98 Å². The molecule has 0 bridgehead atoms. The monoisotopic (exact) mass is 300 g/mol. The van der Waals surface area contributed by atoms with Crippen molar-refractivity contribution >= 4 is 27.3 Å². The van der Waals surface area contributed by atoms with Crippen LogP contribution in [0.4, 0.5) is 4.39 Å². The van der Waals surface area contributed by atoms with Crippen molar-refractivity contribution in [2.75, 3.05) is 0 Å². The molecule has 2 aromatic heterocycles. The summed E-state index contributed by atoms with van der Waals surface area (Å²) in [5.41, 5.74) is 1.64. The lowest BCUT2D eigenvalue weighted by atomic mass is 10.3. The lowest BCUT2D eigenvalue weighted by Crippen LogP contribution is -2.14. The van der Waals surface area contributed by atoms with Crippen LogP contribution in [0.2, 0.25) is 0 Å². The highest BCUT2D eigenvalue weighted by molar-refractivity contribution is 9.11. The number of rotatable bonds is 4. The molecular formula is C11H10BrFN2S. The normalized spacial score (nSPS) is 10.6. The smallest absolute Gasteiger partial charge is 0.146 e. The summed E-state index contributed by atoms with van der Waals surface area (Å²) >= 11 is 5.04. The van der Waals surface area contributed by atoms with Crippen molar-refractivity contribution in [3.05, 3.63) is 50.6 Å². The molecule has 16 heavy (non-hydrogen) atoms. The Kier molecular flexibility index (Phi) is 4.04. The first-order chi connectivity index (χ1) is 7.75. The van der Waals surface area contributed by atoms with E-state index >= 15 is 0 Å². The summed E-state index contributed by atoms with van der Waals surface area (Å²) in [5.74, 6) is -0.263. The van der Waals surface area contributed by atoms with Gasteiger partial charge in [-0.2, -0.15) is 0 Å². The van der Waals surface area contributed by atoms with Gasteiger partial charge in [0.1, 0.15) is 5.82 Å². The Morgan fingerprint density at radius 1 is 1.44 bits per heavy atom. The number of nitrogens with zero attached hydrogens (tertiary/aromatic N) is 1. The average molecular weight is 301 g/mol. The van der Waals surface area contributed by atoms with E-state index in [-0.39, 0.29) is 5.82 Å². The molecule has 0 atom stereocenters. The minimum Gasteiger partial charge on any atom is -0.307 e. The van der Waals surface area contributed by atoms with Crippen LogP contribution in [0.25, 0.3) is 0 Å². The van der Waals surface area contributed by atoms with Crippen LogP contribution < -0.4 is 5.32 Å². The van der Waals surface area contributed by atoms with Crippen LogP contribution in [-0.4, -0.2) is 4.98 Å². The fraction of sp³-hybridized carbons (Fsp3) is 0.182. The predicted molar refractivity (Wildman–Crippen MR) is 66.8 cm³/mol. The summed E-state index contributed by atoms with van der Waals surface area (Å²) in [4.78, 5) is 3.97. The quantitative estimate of drug-likeness (QED) is 0.937. The zero-order chi connectivity index (χ0) is 11.4. The van der Waals surface area contributed by atoms with Crippen LogP contribution >= 0.6 is 27.3 Å². The molecule has 0 saturated heterocycles. The molecule has 0 aliphatic carbocycles. The third-order valence-electron chi connectivity index (χ3n) is 2.08. The molecule has 0 amide bonds. The SMILES string of the molecule is Fc1cccnc1CNCc1csc(Br)c1. The molecular weight excluding hydrogens is 291 g/mol. The molecule has 0 saturated carbocycles. The number of thiophene rings is 1. The van der Waals surface area contributed by atoms with E-state index in [0.29, 0.717) is 12.2 Å². The standard InChI is InChI=1S/C11H10BrFN2S/c12-11-4-8(7-16-11)5-14-6-10-9(13)2-1-3-15-10/h1-4,7,14H,5-6H2. The summed E-state index contributed by atoms with van der Waals surface area (Å²) in [7, 11) is 0. The zero-order valence-electron chi connectivity index (χ0n) is 8.41. The second kappa shape index (κ2) is 5.52. The molecule has 2 heterocycles. The van der Waals surface area contributed by atoms with Crippen LogP contribution in [0, 0.1) is 5.82 Å². The van der Waals surface area contributed by atoms with Gasteiger partial charge in [-0.05, 0) is 45.1 Å². The Bertz CT molecular complexity index is 473. The molecule has 2 aromatic rings. The van der Waals surface area contributed by atoms with Crippen molar-refractivity contribution in [3.63, 3.8) is 0 Å². The maximum absolute atomic E-state index is 13.2. The Hall–Kier alpha value is -0.780. The van der Waals surface area contributed by atoms with Crippen LogP contribution in [-0.2, 0) is 13.1 Å². The van der Waals surface area contributed by atoms with Gasteiger partial charge in [0.2, 0.25) is 0 Å². The van der Waals surface area contributed by atoms with E-state index in [0.717, 1.165) is 10.3 Å². The number of pyridine rings is 1. The van der Waals surface area contributed by atoms with E-state index < -0.39 is 0 Å². The minimum absolute atomic E-state index is 0.263. The molecule has 5 heteroatoms. The summed E-state index contributed by atoms with van der Waals surface area (Å²) < 4.78 is 14.3. The third kappa shape index (κ3) is 3.10. The predicted octanol–water partition coefficient (Wildman–Crippen LogP) is 3.33. The van der Waals surface area contributed by atoms with Gasteiger partial charge in [-0.1, -0.05) is 0 Å². The van der Waals surface area contributed by atoms with E-state index in [1.165, 1.54) is 11.6 Å². The molecule has 2 rings (SSSR count). The van der Waals surface area contributed by atoms with E-state index in [9.17, 15) is 4.39 Å². The van der Waals surface area contributed by atoms with Crippen molar-refractivity contribution in [1.82, 2.24) is 10.3 Å². The summed E-state index contributed by atoms with van der Waals surface area (Å²) in [6, 6.07) is 5.06. The van der Waals surface area contributed by atoms with Gasteiger partial charge in [0.05, 0.1) is 9.48 Å². The Morgan fingerprint density at radius 2 is 2.31 bits per heavy atom. The molecule has 0 spiro atoms. The van der Waals surface area contributed by atoms with Gasteiger partial charge >= 0.3 is 0 Å². The van der Waals surface area contributed by atoms with Gasteiger partial charge < -0.3 is 5.32 Å². The van der Waals surface area contributed by atoms with Crippen molar-refractivity contribution in [3.8, 4) is 0 Å². The maximum atomic E-state index is 13.2. The first-order valence-electron chi connectivity index (χ1n) is 4.79. The number of hydrogen-bond donors (Lipinski definition) is 1. The molecule has 0 radical (unpaired) electrons. The highest BCUT2D eigenvalue weighted by atomic mass is 79.9. The number of halogens is 2.